The fourth-order valence-electron chi connectivity index (χ4n) is 1.89. The predicted octanol–water partition coefficient (Wildman–Crippen LogP) is 1.70. The molecule has 1 N–H and O–H groups in total. The molecule has 0 unspecified atom stereocenters. The van der Waals surface area contributed by atoms with Gasteiger partial charge in [-0.2, -0.15) is 10.1 Å². The third kappa shape index (κ3) is 3.72. The minimum atomic E-state index is -0.632. The Hall–Kier alpha value is -2.74. The zero-order chi connectivity index (χ0) is 16.2. The summed E-state index contributed by atoms with van der Waals surface area (Å²) in [5, 5.41) is 8.00. The Bertz CT molecular complexity index is 787. The third-order valence-corrected chi connectivity index (χ3v) is 3.25. The van der Waals surface area contributed by atoms with Crippen LogP contribution in [0.15, 0.2) is 33.9 Å². The Morgan fingerprint density at radius 1 is 1.39 bits per heavy atom. The van der Waals surface area contributed by atoms with Gasteiger partial charge in [0.2, 0.25) is 11.7 Å². The van der Waals surface area contributed by atoms with Crippen LogP contribution in [-0.2, 0) is 20.9 Å². The number of hydrogen-bond donors (Lipinski definition) is 1. The molecule has 0 aliphatic carbocycles. The van der Waals surface area contributed by atoms with Gasteiger partial charge in [-0.05, 0) is 12.1 Å². The Labute approximate surface area is 135 Å². The number of nitrogens with zero attached hydrogens (tertiary/aromatic N) is 3. The zero-order valence-electron chi connectivity index (χ0n) is 11.8. The van der Waals surface area contributed by atoms with E-state index in [2.05, 4.69) is 20.7 Å². The van der Waals surface area contributed by atoms with E-state index in [4.69, 9.17) is 20.9 Å². The van der Waals surface area contributed by atoms with E-state index in [1.165, 1.54) is 0 Å². The van der Waals surface area contributed by atoms with Crippen molar-refractivity contribution >= 4 is 29.2 Å². The van der Waals surface area contributed by atoms with Crippen LogP contribution in [0.5, 0.6) is 0 Å². The van der Waals surface area contributed by atoms with Crippen molar-refractivity contribution < 1.29 is 18.8 Å². The first-order valence-corrected chi connectivity index (χ1v) is 7.10. The van der Waals surface area contributed by atoms with E-state index in [-0.39, 0.29) is 37.0 Å². The number of hydrogen-bond acceptors (Lipinski definition) is 7. The molecular formula is C14H11ClN4O4. The molecule has 1 aromatic carbocycles. The quantitative estimate of drug-likeness (QED) is 0.853. The molecule has 2 heterocycles. The van der Waals surface area contributed by atoms with Crippen molar-refractivity contribution in [1.82, 2.24) is 15.6 Å². The molecule has 0 radical (unpaired) electrons. The van der Waals surface area contributed by atoms with Gasteiger partial charge in [0.1, 0.15) is 5.71 Å². The number of carbonyl (C=O) groups is 2. The van der Waals surface area contributed by atoms with Gasteiger partial charge in [0.25, 0.3) is 5.89 Å². The predicted molar refractivity (Wildman–Crippen MR) is 79.4 cm³/mol. The first kappa shape index (κ1) is 15.2. The number of benzene rings is 1. The Kier molecular flexibility index (Phi) is 4.33. The van der Waals surface area contributed by atoms with Crippen LogP contribution in [-0.4, -0.2) is 27.7 Å². The number of ether oxygens (including phenoxy) is 1. The Morgan fingerprint density at radius 2 is 2.26 bits per heavy atom. The summed E-state index contributed by atoms with van der Waals surface area (Å²) in [6.07, 6.45) is 0.440. The first-order valence-electron chi connectivity index (χ1n) is 6.73. The summed E-state index contributed by atoms with van der Waals surface area (Å²) in [6.45, 7) is -0.181. The molecule has 0 saturated heterocycles. The van der Waals surface area contributed by atoms with Crippen LogP contribution in [0.3, 0.4) is 0 Å². The van der Waals surface area contributed by atoms with Crippen LogP contribution in [0.1, 0.15) is 18.7 Å². The molecule has 0 fully saturated rings. The van der Waals surface area contributed by atoms with Gasteiger partial charge < -0.3 is 9.26 Å². The highest BCUT2D eigenvalue weighted by molar-refractivity contribution is 6.37. The van der Waals surface area contributed by atoms with E-state index < -0.39 is 5.97 Å². The van der Waals surface area contributed by atoms with Gasteiger partial charge in [-0.1, -0.05) is 28.9 Å². The summed E-state index contributed by atoms with van der Waals surface area (Å²) in [5.41, 5.74) is 3.07. The fraction of sp³-hybridized carbons (Fsp3) is 0.214. The van der Waals surface area contributed by atoms with Gasteiger partial charge in [-0.25, -0.2) is 10.2 Å². The zero-order valence-corrected chi connectivity index (χ0v) is 12.5. The van der Waals surface area contributed by atoms with E-state index in [0.29, 0.717) is 16.4 Å². The summed E-state index contributed by atoms with van der Waals surface area (Å²) >= 11 is 5.90. The van der Waals surface area contributed by atoms with Crippen molar-refractivity contribution in [3.8, 4) is 11.4 Å². The summed E-state index contributed by atoms with van der Waals surface area (Å²) in [4.78, 5) is 26.9. The van der Waals surface area contributed by atoms with Crippen LogP contribution in [0.25, 0.3) is 11.4 Å². The highest BCUT2D eigenvalue weighted by Crippen LogP contribution is 2.20. The molecule has 1 aliphatic heterocycles. The lowest BCUT2D eigenvalue weighted by molar-refractivity contribution is -0.137. The second-order valence-electron chi connectivity index (χ2n) is 4.69. The molecule has 1 amide bonds. The monoisotopic (exact) mass is 334 g/mol. The average Bonchev–Trinajstić information content (AvgIpc) is 3.02. The maximum absolute atomic E-state index is 11.8. The summed E-state index contributed by atoms with van der Waals surface area (Å²) in [7, 11) is 0. The molecule has 2 aromatic rings. The lowest BCUT2D eigenvalue weighted by Gasteiger charge is -2.10. The number of amides is 1. The number of esters is 1. The van der Waals surface area contributed by atoms with Crippen LogP contribution < -0.4 is 5.43 Å². The van der Waals surface area contributed by atoms with Gasteiger partial charge in [-0.15, -0.1) is 0 Å². The first-order chi connectivity index (χ1) is 11.1. The summed E-state index contributed by atoms with van der Waals surface area (Å²) in [5.74, 6) is -0.369. The fourth-order valence-corrected chi connectivity index (χ4v) is 2.08. The van der Waals surface area contributed by atoms with Crippen molar-refractivity contribution in [2.75, 3.05) is 0 Å². The molecule has 0 atom stereocenters. The lowest BCUT2D eigenvalue weighted by atomic mass is 10.2. The minimum Gasteiger partial charge on any atom is -0.451 e. The highest BCUT2D eigenvalue weighted by atomic mass is 35.5. The molecule has 118 valence electrons. The van der Waals surface area contributed by atoms with Crippen LogP contribution in [0, 0.1) is 0 Å². The average molecular weight is 335 g/mol. The maximum Gasteiger partial charge on any atom is 0.355 e. The Balaban J connectivity index is 1.61. The lowest BCUT2D eigenvalue weighted by Crippen LogP contribution is -2.30. The second-order valence-corrected chi connectivity index (χ2v) is 5.13. The SMILES string of the molecule is O=C1CCC(C(=O)OCc2nc(-c3cccc(Cl)c3)no2)=NN1. The number of halogens is 1. The van der Waals surface area contributed by atoms with E-state index >= 15 is 0 Å². The number of nitrogens with one attached hydrogen (secondary N) is 1. The van der Waals surface area contributed by atoms with Crippen molar-refractivity contribution in [2.45, 2.75) is 19.4 Å². The van der Waals surface area contributed by atoms with E-state index in [0.717, 1.165) is 0 Å². The highest BCUT2D eigenvalue weighted by Gasteiger charge is 2.20. The molecular weight excluding hydrogens is 324 g/mol. The molecule has 8 nitrogen and oxygen atoms in total. The van der Waals surface area contributed by atoms with Gasteiger partial charge in [0.05, 0.1) is 0 Å². The molecule has 0 bridgehead atoms. The number of rotatable bonds is 4. The van der Waals surface area contributed by atoms with Crippen LogP contribution >= 0.6 is 11.6 Å². The van der Waals surface area contributed by atoms with Gasteiger partial charge in [0.15, 0.2) is 6.61 Å². The molecule has 3 rings (SSSR count). The number of hydrazone groups is 1. The summed E-state index contributed by atoms with van der Waals surface area (Å²) in [6, 6.07) is 6.98. The third-order valence-electron chi connectivity index (χ3n) is 3.02. The van der Waals surface area contributed by atoms with Crippen molar-refractivity contribution in [1.29, 1.82) is 0 Å². The smallest absolute Gasteiger partial charge is 0.355 e. The van der Waals surface area contributed by atoms with Crippen molar-refractivity contribution in [3.05, 3.63) is 35.2 Å². The molecule has 0 saturated carbocycles. The molecule has 1 aromatic heterocycles. The summed E-state index contributed by atoms with van der Waals surface area (Å²) < 4.78 is 10.1. The van der Waals surface area contributed by atoms with Crippen molar-refractivity contribution in [2.24, 2.45) is 5.10 Å². The van der Waals surface area contributed by atoms with Crippen LogP contribution in [0.4, 0.5) is 0 Å². The molecule has 9 heteroatoms. The second kappa shape index (κ2) is 6.57. The topological polar surface area (TPSA) is 107 Å². The normalized spacial score (nSPS) is 14.1. The molecule has 23 heavy (non-hydrogen) atoms. The van der Waals surface area contributed by atoms with E-state index in [1.807, 2.05) is 0 Å². The number of carbonyl (C=O) groups excluding carboxylic acids is 2. The van der Waals surface area contributed by atoms with E-state index in [1.54, 1.807) is 24.3 Å². The van der Waals surface area contributed by atoms with Gasteiger partial charge in [0, 0.05) is 23.4 Å². The van der Waals surface area contributed by atoms with Crippen molar-refractivity contribution in [3.63, 3.8) is 0 Å². The maximum atomic E-state index is 11.8. The molecule has 1 aliphatic rings. The Morgan fingerprint density at radius 3 is 3.00 bits per heavy atom. The molecule has 0 spiro atoms. The van der Waals surface area contributed by atoms with Gasteiger partial charge >= 0.3 is 5.97 Å². The largest absolute Gasteiger partial charge is 0.451 e. The van der Waals surface area contributed by atoms with E-state index in [9.17, 15) is 9.59 Å². The minimum absolute atomic E-state index is 0.147. The van der Waals surface area contributed by atoms with Crippen LogP contribution in [0.2, 0.25) is 5.02 Å². The standard InChI is InChI=1S/C14H11ClN4O4/c15-9-3-1-2-8(6-9)13-16-12(23-19-13)7-22-14(21)10-4-5-11(20)18-17-10/h1-3,6H,4-5,7H2,(H,18,20). The number of aromatic nitrogens is 2. The van der Waals surface area contributed by atoms with Gasteiger partial charge in [-0.3, -0.25) is 4.79 Å².